The molecular weight excluding hydrogens is 478 g/mol. The molecule has 2 heterocycles. The zero-order valence-electron chi connectivity index (χ0n) is 21.8. The van der Waals surface area contributed by atoms with E-state index in [0.717, 1.165) is 33.9 Å². The van der Waals surface area contributed by atoms with E-state index in [1.54, 1.807) is 7.11 Å². The predicted octanol–water partition coefficient (Wildman–Crippen LogP) is 8.18. The Hall–Kier alpha value is -3.41. The third-order valence-corrected chi connectivity index (χ3v) is 8.45. The summed E-state index contributed by atoms with van der Waals surface area (Å²) in [6.45, 7) is 6.70. The number of Topliss-reactive ketones (excluding diaryl/α,β-unsaturated/α-hetero) is 1. The summed E-state index contributed by atoms with van der Waals surface area (Å²) in [5.74, 6) is 0.354. The zero-order chi connectivity index (χ0) is 26.0. The van der Waals surface area contributed by atoms with E-state index in [1.807, 2.05) is 89.3 Å². The number of benzene rings is 3. The van der Waals surface area contributed by atoms with Crippen molar-refractivity contribution in [3.63, 3.8) is 0 Å². The summed E-state index contributed by atoms with van der Waals surface area (Å²) in [5.41, 5.74) is 4.02. The Bertz CT molecular complexity index is 1340. The number of ketones is 1. The van der Waals surface area contributed by atoms with Crippen LogP contribution in [-0.2, 0) is 10.3 Å². The Morgan fingerprint density at radius 1 is 0.973 bits per heavy atom. The fourth-order valence-corrected chi connectivity index (χ4v) is 5.76. The second kappa shape index (κ2) is 10.5. The minimum absolute atomic E-state index is 0.0237. The number of hydrogen-bond acceptors (Lipinski definition) is 5. The molecule has 1 aliphatic rings. The molecule has 0 radical (unpaired) electrons. The maximum Gasteiger partial charge on any atom is 0.181 e. The van der Waals surface area contributed by atoms with Gasteiger partial charge in [-0.3, -0.25) is 9.63 Å². The molecule has 190 valence electrons. The Balaban J connectivity index is 1.74. The molecule has 3 atom stereocenters. The normalized spacial score (nSPS) is 19.7. The van der Waals surface area contributed by atoms with E-state index in [2.05, 4.69) is 32.9 Å². The summed E-state index contributed by atoms with van der Waals surface area (Å²) >= 11 is 1.48. The quantitative estimate of drug-likeness (QED) is 0.224. The topological polar surface area (TPSA) is 38.8 Å². The van der Waals surface area contributed by atoms with Crippen molar-refractivity contribution in [1.82, 2.24) is 0 Å². The minimum atomic E-state index is -0.477. The Kier molecular flexibility index (Phi) is 7.18. The van der Waals surface area contributed by atoms with Crippen LogP contribution in [0.5, 0.6) is 5.75 Å². The standard InChI is InChI=1S/C32H33NO3S/c1-5-32(2,3)23-18-19-26(35-4)25(21-23)29-28(30(34)27-17-12-20-37-27)31(22-13-8-6-9-14-22)36-33(29)24-15-10-7-11-16-24/h6-21,28-29,31H,5H2,1-4H3/t28-,29+,31-/m0/s1. The van der Waals surface area contributed by atoms with Crippen LogP contribution in [0.15, 0.2) is 96.4 Å². The lowest BCUT2D eigenvalue weighted by Crippen LogP contribution is -2.29. The molecule has 4 nitrogen and oxygen atoms in total. The first-order chi connectivity index (χ1) is 17.9. The van der Waals surface area contributed by atoms with Gasteiger partial charge in [0.1, 0.15) is 11.9 Å². The van der Waals surface area contributed by atoms with Crippen molar-refractivity contribution in [1.29, 1.82) is 0 Å². The molecule has 0 spiro atoms. The molecule has 1 fully saturated rings. The van der Waals surface area contributed by atoms with Crippen molar-refractivity contribution in [2.24, 2.45) is 5.92 Å². The SMILES string of the molecule is CCC(C)(C)c1ccc(OC)c([C@@H]2[C@@H](C(=O)c3cccs3)[C@H](c3ccccc3)ON2c2ccccc2)c1. The van der Waals surface area contributed by atoms with E-state index >= 15 is 0 Å². The zero-order valence-corrected chi connectivity index (χ0v) is 22.6. The van der Waals surface area contributed by atoms with Crippen molar-refractivity contribution in [2.45, 2.75) is 44.8 Å². The number of hydrogen-bond donors (Lipinski definition) is 0. The molecule has 4 aromatic rings. The molecule has 0 unspecified atom stereocenters. The highest BCUT2D eigenvalue weighted by molar-refractivity contribution is 7.12. The van der Waals surface area contributed by atoms with Crippen LogP contribution < -0.4 is 9.80 Å². The van der Waals surface area contributed by atoms with E-state index in [-0.39, 0.29) is 17.2 Å². The molecule has 0 saturated carbocycles. The number of thiophene rings is 1. The lowest BCUT2D eigenvalue weighted by Gasteiger charge is -2.30. The van der Waals surface area contributed by atoms with Gasteiger partial charge >= 0.3 is 0 Å². The summed E-state index contributed by atoms with van der Waals surface area (Å²) in [4.78, 5) is 21.7. The molecule has 1 aromatic heterocycles. The first-order valence-corrected chi connectivity index (χ1v) is 13.6. The second-order valence-corrected chi connectivity index (χ2v) is 11.1. The van der Waals surface area contributed by atoms with Gasteiger partial charge in [0.15, 0.2) is 5.78 Å². The van der Waals surface area contributed by atoms with Crippen molar-refractivity contribution in [3.05, 3.63) is 118 Å². The predicted molar refractivity (Wildman–Crippen MR) is 150 cm³/mol. The second-order valence-electron chi connectivity index (χ2n) is 10.1. The largest absolute Gasteiger partial charge is 0.496 e. The van der Waals surface area contributed by atoms with Crippen LogP contribution in [0.2, 0.25) is 0 Å². The number of methoxy groups -OCH3 is 1. The van der Waals surface area contributed by atoms with Gasteiger partial charge in [-0.2, -0.15) is 0 Å². The Morgan fingerprint density at radius 2 is 1.68 bits per heavy atom. The molecule has 0 bridgehead atoms. The smallest absolute Gasteiger partial charge is 0.181 e. The third-order valence-electron chi connectivity index (χ3n) is 7.57. The van der Waals surface area contributed by atoms with Gasteiger partial charge in [-0.25, -0.2) is 5.06 Å². The van der Waals surface area contributed by atoms with Crippen molar-refractivity contribution in [2.75, 3.05) is 12.2 Å². The fourth-order valence-electron chi connectivity index (χ4n) is 5.05. The van der Waals surface area contributed by atoms with Gasteiger partial charge in [-0.15, -0.1) is 11.3 Å². The van der Waals surface area contributed by atoms with Crippen LogP contribution in [-0.4, -0.2) is 12.9 Å². The van der Waals surface area contributed by atoms with Crippen LogP contribution in [0.4, 0.5) is 5.69 Å². The van der Waals surface area contributed by atoms with E-state index in [9.17, 15) is 4.79 Å². The van der Waals surface area contributed by atoms with E-state index < -0.39 is 12.0 Å². The number of carbonyl (C=O) groups excluding carboxylic acids is 1. The van der Waals surface area contributed by atoms with Gasteiger partial charge < -0.3 is 4.74 Å². The molecule has 5 heteroatoms. The van der Waals surface area contributed by atoms with Crippen molar-refractivity contribution < 1.29 is 14.4 Å². The van der Waals surface area contributed by atoms with E-state index in [4.69, 9.17) is 9.57 Å². The average molecular weight is 512 g/mol. The number of rotatable bonds is 8. The number of nitrogens with zero attached hydrogens (tertiary/aromatic N) is 1. The Morgan fingerprint density at radius 3 is 2.30 bits per heavy atom. The monoisotopic (exact) mass is 511 g/mol. The molecule has 5 rings (SSSR count). The highest BCUT2D eigenvalue weighted by atomic mass is 32.1. The van der Waals surface area contributed by atoms with Crippen LogP contribution in [0.25, 0.3) is 0 Å². The number of para-hydroxylation sites is 1. The summed E-state index contributed by atoms with van der Waals surface area (Å²) in [6.07, 6.45) is 0.542. The molecule has 0 N–H and O–H groups in total. The molecule has 0 amide bonds. The lowest BCUT2D eigenvalue weighted by molar-refractivity contribution is 0.0602. The van der Waals surface area contributed by atoms with Crippen LogP contribution in [0.1, 0.15) is 65.7 Å². The first-order valence-electron chi connectivity index (χ1n) is 12.8. The highest BCUT2D eigenvalue weighted by Gasteiger charge is 2.50. The van der Waals surface area contributed by atoms with Crippen LogP contribution >= 0.6 is 11.3 Å². The van der Waals surface area contributed by atoms with Crippen molar-refractivity contribution >= 4 is 22.8 Å². The number of anilines is 1. The first kappa shape index (κ1) is 25.2. The van der Waals surface area contributed by atoms with Crippen LogP contribution in [0.3, 0.4) is 0 Å². The third kappa shape index (κ3) is 4.81. The number of ether oxygens (including phenoxy) is 1. The molecule has 1 saturated heterocycles. The summed E-state index contributed by atoms with van der Waals surface area (Å²) in [5, 5.41) is 3.88. The minimum Gasteiger partial charge on any atom is -0.496 e. The van der Waals surface area contributed by atoms with Gasteiger partial charge in [0, 0.05) is 5.56 Å². The lowest BCUT2D eigenvalue weighted by atomic mass is 9.78. The summed E-state index contributed by atoms with van der Waals surface area (Å²) < 4.78 is 5.91. The van der Waals surface area contributed by atoms with Gasteiger partial charge in [-0.05, 0) is 58.7 Å². The van der Waals surface area contributed by atoms with Gasteiger partial charge in [0.25, 0.3) is 0 Å². The number of hydroxylamine groups is 1. The van der Waals surface area contributed by atoms with E-state index in [1.165, 1.54) is 16.9 Å². The van der Waals surface area contributed by atoms with Gasteiger partial charge in [0.2, 0.25) is 0 Å². The highest BCUT2D eigenvalue weighted by Crippen LogP contribution is 2.52. The van der Waals surface area contributed by atoms with Gasteiger partial charge in [-0.1, -0.05) is 81.4 Å². The molecule has 37 heavy (non-hydrogen) atoms. The summed E-state index contributed by atoms with van der Waals surface area (Å²) in [7, 11) is 1.69. The average Bonchev–Trinajstić information content (AvgIpc) is 3.62. The molecular formula is C32H33NO3S. The maximum atomic E-state index is 14.3. The molecule has 3 aromatic carbocycles. The molecule has 0 aliphatic carbocycles. The molecule has 1 aliphatic heterocycles. The summed E-state index contributed by atoms with van der Waals surface area (Å²) in [6, 6.07) is 29.9. The number of carbonyl (C=O) groups is 1. The Labute approximate surface area is 223 Å². The fraction of sp³-hybridized carbons (Fsp3) is 0.281. The van der Waals surface area contributed by atoms with E-state index in [0.29, 0.717) is 0 Å². The van der Waals surface area contributed by atoms with Gasteiger partial charge in [0.05, 0.1) is 29.6 Å². The van der Waals surface area contributed by atoms with Crippen LogP contribution in [0, 0.1) is 5.92 Å². The maximum absolute atomic E-state index is 14.3. The van der Waals surface area contributed by atoms with Crippen molar-refractivity contribution in [3.8, 4) is 5.75 Å².